The summed E-state index contributed by atoms with van der Waals surface area (Å²) < 4.78 is 0. The minimum atomic E-state index is -0.173. The molecule has 3 amide bonds. The molecule has 0 bridgehead atoms. The molecule has 3 N–H and O–H groups in total. The van der Waals surface area contributed by atoms with Crippen LogP contribution in [0.4, 0.5) is 0 Å². The fraction of sp³-hybridized carbons (Fsp3) is 0.750. The summed E-state index contributed by atoms with van der Waals surface area (Å²) in [7, 11) is 0. The maximum Gasteiger partial charge on any atom is 0.251 e. The van der Waals surface area contributed by atoms with Crippen LogP contribution in [0.5, 0.6) is 0 Å². The van der Waals surface area contributed by atoms with Gasteiger partial charge in [-0.15, -0.1) is 0 Å². The summed E-state index contributed by atoms with van der Waals surface area (Å²) in [6.45, 7) is 0. The van der Waals surface area contributed by atoms with E-state index in [1.165, 1.54) is 77.0 Å². The number of hydrogen-bond acceptors (Lipinski definition) is 3. The first-order chi connectivity index (χ1) is 20.6. The van der Waals surface area contributed by atoms with E-state index in [0.717, 1.165) is 77.0 Å². The Balaban J connectivity index is 1.51. The molecule has 0 heterocycles. The molecule has 0 unspecified atom stereocenters. The molecular formula is C36H57N3O3. The van der Waals surface area contributed by atoms with Gasteiger partial charge >= 0.3 is 0 Å². The Morgan fingerprint density at radius 2 is 0.548 bits per heavy atom. The van der Waals surface area contributed by atoms with Crippen LogP contribution < -0.4 is 16.0 Å². The summed E-state index contributed by atoms with van der Waals surface area (Å²) in [5.41, 5.74) is 1.24. The van der Waals surface area contributed by atoms with Crippen LogP contribution in [-0.2, 0) is 0 Å². The smallest absolute Gasteiger partial charge is 0.251 e. The van der Waals surface area contributed by atoms with E-state index in [2.05, 4.69) is 16.0 Å². The second-order valence-electron chi connectivity index (χ2n) is 13.4. The van der Waals surface area contributed by atoms with Crippen molar-refractivity contribution in [2.75, 3.05) is 0 Å². The van der Waals surface area contributed by atoms with Crippen molar-refractivity contribution in [1.29, 1.82) is 0 Å². The van der Waals surface area contributed by atoms with Gasteiger partial charge in [-0.3, -0.25) is 14.4 Å². The van der Waals surface area contributed by atoms with Crippen molar-refractivity contribution in [2.24, 2.45) is 0 Å². The highest BCUT2D eigenvalue weighted by molar-refractivity contribution is 6.04. The predicted molar refractivity (Wildman–Crippen MR) is 171 cm³/mol. The van der Waals surface area contributed by atoms with Crippen LogP contribution >= 0.6 is 0 Å². The number of rotatable bonds is 6. The van der Waals surface area contributed by atoms with Crippen LogP contribution in [0, 0.1) is 0 Å². The fourth-order valence-corrected chi connectivity index (χ4v) is 7.16. The van der Waals surface area contributed by atoms with E-state index in [1.54, 1.807) is 18.2 Å². The maximum absolute atomic E-state index is 13.6. The Morgan fingerprint density at radius 3 is 0.762 bits per heavy atom. The van der Waals surface area contributed by atoms with E-state index < -0.39 is 0 Å². The zero-order valence-electron chi connectivity index (χ0n) is 26.2. The molecule has 0 spiro atoms. The molecule has 0 aromatic heterocycles. The van der Waals surface area contributed by atoms with Crippen molar-refractivity contribution in [1.82, 2.24) is 16.0 Å². The minimum Gasteiger partial charge on any atom is -0.349 e. The average molecular weight is 580 g/mol. The highest BCUT2D eigenvalue weighted by Crippen LogP contribution is 2.21. The number of hydrogen-bond donors (Lipinski definition) is 3. The lowest BCUT2D eigenvalue weighted by molar-refractivity contribution is 0.0931. The molecule has 0 atom stereocenters. The third-order valence-electron chi connectivity index (χ3n) is 9.79. The Labute approximate surface area is 254 Å². The second-order valence-corrected chi connectivity index (χ2v) is 13.4. The molecule has 0 radical (unpaired) electrons. The van der Waals surface area contributed by atoms with Gasteiger partial charge < -0.3 is 16.0 Å². The van der Waals surface area contributed by atoms with Crippen LogP contribution in [0.25, 0.3) is 0 Å². The van der Waals surface area contributed by atoms with E-state index in [1.807, 2.05) is 0 Å². The van der Waals surface area contributed by atoms with Gasteiger partial charge in [0.25, 0.3) is 17.7 Å². The van der Waals surface area contributed by atoms with E-state index in [4.69, 9.17) is 0 Å². The number of carbonyl (C=O) groups is 3. The first kappa shape index (κ1) is 32.5. The number of nitrogens with one attached hydrogen (secondary N) is 3. The lowest BCUT2D eigenvalue weighted by atomic mass is 9.99. The predicted octanol–water partition coefficient (Wildman–Crippen LogP) is 8.39. The first-order valence-corrected chi connectivity index (χ1v) is 17.7. The molecule has 234 valence electrons. The SMILES string of the molecule is O=C(NC1CCCCCCCC1)c1cc(C(=O)NC2CCCCCCCC2)cc(C(=O)NC2CCCCCCCC2)c1. The lowest BCUT2D eigenvalue weighted by Gasteiger charge is -2.21. The van der Waals surface area contributed by atoms with Crippen molar-refractivity contribution in [2.45, 2.75) is 172 Å². The Kier molecular flexibility index (Phi) is 14.2. The summed E-state index contributed by atoms with van der Waals surface area (Å²) in [6.07, 6.45) is 27.7. The molecule has 3 aliphatic carbocycles. The highest BCUT2D eigenvalue weighted by Gasteiger charge is 2.22. The molecule has 1 aromatic rings. The van der Waals surface area contributed by atoms with Gasteiger partial charge in [-0.25, -0.2) is 0 Å². The Hall–Kier alpha value is -2.37. The van der Waals surface area contributed by atoms with Gasteiger partial charge in [-0.2, -0.15) is 0 Å². The molecule has 0 saturated heterocycles. The van der Waals surface area contributed by atoms with E-state index in [0.29, 0.717) is 16.7 Å². The third kappa shape index (κ3) is 11.4. The van der Waals surface area contributed by atoms with E-state index >= 15 is 0 Å². The van der Waals surface area contributed by atoms with Crippen molar-refractivity contribution in [3.05, 3.63) is 34.9 Å². The summed E-state index contributed by atoms with van der Waals surface area (Å²) in [6, 6.07) is 5.53. The minimum absolute atomic E-state index is 0.142. The first-order valence-electron chi connectivity index (χ1n) is 17.7. The third-order valence-corrected chi connectivity index (χ3v) is 9.79. The zero-order chi connectivity index (χ0) is 29.4. The van der Waals surface area contributed by atoms with Crippen LogP contribution in [0.2, 0.25) is 0 Å². The standard InChI is InChI=1S/C36H57N3O3/c40-34(37-31-19-13-7-1-2-8-14-20-31)28-25-29(35(41)38-32-21-15-9-3-4-10-16-22-32)27-30(26-28)36(42)39-33-23-17-11-5-6-12-18-24-33/h25-27,31-33H,1-24H2,(H,37,40)(H,38,41)(H,39,42). The monoisotopic (exact) mass is 579 g/mol. The average Bonchev–Trinajstić information content (AvgIpc) is 3.28. The van der Waals surface area contributed by atoms with Gasteiger partial charge in [0.15, 0.2) is 0 Å². The van der Waals surface area contributed by atoms with Gasteiger partial charge in [0.2, 0.25) is 0 Å². The van der Waals surface area contributed by atoms with Crippen LogP contribution in [0.1, 0.15) is 185 Å². The normalized spacial score (nSPS) is 21.4. The molecule has 3 saturated carbocycles. The van der Waals surface area contributed by atoms with E-state index in [9.17, 15) is 14.4 Å². The summed E-state index contributed by atoms with van der Waals surface area (Å²) >= 11 is 0. The van der Waals surface area contributed by atoms with Crippen molar-refractivity contribution >= 4 is 17.7 Å². The molecule has 0 aliphatic heterocycles. The van der Waals surface area contributed by atoms with Crippen LogP contribution in [0.15, 0.2) is 18.2 Å². The fourth-order valence-electron chi connectivity index (χ4n) is 7.16. The van der Waals surface area contributed by atoms with Crippen molar-refractivity contribution in [3.63, 3.8) is 0 Å². The summed E-state index contributed by atoms with van der Waals surface area (Å²) in [5, 5.41) is 9.80. The highest BCUT2D eigenvalue weighted by atomic mass is 16.2. The zero-order valence-corrected chi connectivity index (χ0v) is 26.2. The van der Waals surface area contributed by atoms with Gasteiger partial charge in [0.05, 0.1) is 0 Å². The van der Waals surface area contributed by atoms with Gasteiger partial charge in [0.1, 0.15) is 0 Å². The summed E-state index contributed by atoms with van der Waals surface area (Å²) in [4.78, 5) is 40.8. The summed E-state index contributed by atoms with van der Waals surface area (Å²) in [5.74, 6) is -0.520. The van der Waals surface area contributed by atoms with Gasteiger partial charge in [0, 0.05) is 34.8 Å². The lowest BCUT2D eigenvalue weighted by Crippen LogP contribution is -2.37. The molecular weight excluding hydrogens is 522 g/mol. The molecule has 42 heavy (non-hydrogen) atoms. The number of amides is 3. The van der Waals surface area contributed by atoms with Crippen LogP contribution in [0.3, 0.4) is 0 Å². The maximum atomic E-state index is 13.6. The molecule has 6 heteroatoms. The van der Waals surface area contributed by atoms with Crippen molar-refractivity contribution < 1.29 is 14.4 Å². The Morgan fingerprint density at radius 1 is 0.357 bits per heavy atom. The van der Waals surface area contributed by atoms with E-state index in [-0.39, 0.29) is 35.8 Å². The van der Waals surface area contributed by atoms with Gasteiger partial charge in [-0.05, 0) is 56.7 Å². The molecule has 3 aliphatic rings. The topological polar surface area (TPSA) is 87.3 Å². The molecule has 6 nitrogen and oxygen atoms in total. The number of benzene rings is 1. The van der Waals surface area contributed by atoms with Crippen molar-refractivity contribution in [3.8, 4) is 0 Å². The molecule has 4 rings (SSSR count). The van der Waals surface area contributed by atoms with Gasteiger partial charge in [-0.1, -0.05) is 116 Å². The number of carbonyl (C=O) groups excluding carboxylic acids is 3. The molecule has 1 aromatic carbocycles. The quantitative estimate of drug-likeness (QED) is 0.316. The second kappa shape index (κ2) is 18.3. The Bertz CT molecular complexity index is 827. The molecule has 3 fully saturated rings. The largest absolute Gasteiger partial charge is 0.349 e. The van der Waals surface area contributed by atoms with Crippen LogP contribution in [-0.4, -0.2) is 35.8 Å².